The molecule has 0 saturated heterocycles. The van der Waals surface area contributed by atoms with Crippen LogP contribution in [0.3, 0.4) is 0 Å². The van der Waals surface area contributed by atoms with Crippen molar-refractivity contribution in [2.75, 3.05) is 0 Å². The third-order valence-corrected chi connectivity index (χ3v) is 3.62. The molecule has 1 aliphatic carbocycles. The molecule has 0 radical (unpaired) electrons. The van der Waals surface area contributed by atoms with Gasteiger partial charge in [0, 0.05) is 12.2 Å². The van der Waals surface area contributed by atoms with Crippen LogP contribution in [0.2, 0.25) is 0 Å². The molecule has 0 aromatic carbocycles. The van der Waals surface area contributed by atoms with Crippen molar-refractivity contribution in [3.05, 3.63) is 23.8 Å². The second kappa shape index (κ2) is 7.01. The third-order valence-electron chi connectivity index (χ3n) is 3.62. The van der Waals surface area contributed by atoms with E-state index in [1.54, 1.807) is 12.4 Å². The maximum absolute atomic E-state index is 11.8. The Morgan fingerprint density at radius 2 is 2.14 bits per heavy atom. The molecule has 7 nitrogen and oxygen atoms in total. The van der Waals surface area contributed by atoms with Gasteiger partial charge in [-0.1, -0.05) is 6.42 Å². The van der Waals surface area contributed by atoms with Crippen molar-refractivity contribution in [1.29, 1.82) is 0 Å². The number of aryl methyl sites for hydroxylation is 1. The molecular weight excluding hydrogens is 272 g/mol. The summed E-state index contributed by atoms with van der Waals surface area (Å²) in [5.74, 6) is -1.14. The first kappa shape index (κ1) is 15.2. The zero-order valence-corrected chi connectivity index (χ0v) is 12.0. The summed E-state index contributed by atoms with van der Waals surface area (Å²) >= 11 is 0. The number of amides is 2. The van der Waals surface area contributed by atoms with Crippen molar-refractivity contribution < 1.29 is 14.7 Å². The SMILES string of the molecule is Cc1cnc(CNC(=O)NC2CCCC(C(=O)O)C2)cn1. The first-order valence-corrected chi connectivity index (χ1v) is 7.09. The Bertz CT molecular complexity index is 503. The Morgan fingerprint density at radius 3 is 2.81 bits per heavy atom. The maximum atomic E-state index is 11.8. The number of urea groups is 1. The molecule has 2 rings (SSSR count). The molecule has 0 aliphatic heterocycles. The lowest BCUT2D eigenvalue weighted by atomic mass is 9.86. The van der Waals surface area contributed by atoms with Crippen molar-refractivity contribution in [1.82, 2.24) is 20.6 Å². The molecule has 3 N–H and O–H groups in total. The first-order chi connectivity index (χ1) is 10.0. The van der Waals surface area contributed by atoms with E-state index in [4.69, 9.17) is 5.11 Å². The number of nitrogens with one attached hydrogen (secondary N) is 2. The summed E-state index contributed by atoms with van der Waals surface area (Å²) in [5.41, 5.74) is 1.51. The molecular formula is C14H20N4O3. The van der Waals surface area contributed by atoms with E-state index in [-0.39, 0.29) is 18.0 Å². The minimum absolute atomic E-state index is 0.0797. The van der Waals surface area contributed by atoms with Crippen LogP contribution in [0.25, 0.3) is 0 Å². The fourth-order valence-corrected chi connectivity index (χ4v) is 2.46. The van der Waals surface area contributed by atoms with Crippen LogP contribution in [0.4, 0.5) is 4.79 Å². The average Bonchev–Trinajstić information content (AvgIpc) is 2.47. The molecule has 1 saturated carbocycles. The van der Waals surface area contributed by atoms with Crippen LogP contribution in [0.15, 0.2) is 12.4 Å². The largest absolute Gasteiger partial charge is 0.481 e. The summed E-state index contributed by atoms with van der Waals surface area (Å²) in [7, 11) is 0. The second-order valence-corrected chi connectivity index (χ2v) is 5.37. The van der Waals surface area contributed by atoms with Crippen LogP contribution in [0, 0.1) is 12.8 Å². The number of aromatic nitrogens is 2. The number of hydrogen-bond donors (Lipinski definition) is 3. The highest BCUT2D eigenvalue weighted by Crippen LogP contribution is 2.24. The summed E-state index contributed by atoms with van der Waals surface area (Å²) in [6.45, 7) is 2.15. The lowest BCUT2D eigenvalue weighted by molar-refractivity contribution is -0.143. The number of aliphatic carboxylic acids is 1. The lowest BCUT2D eigenvalue weighted by Gasteiger charge is -2.27. The highest BCUT2D eigenvalue weighted by atomic mass is 16.4. The highest BCUT2D eigenvalue weighted by molar-refractivity contribution is 5.74. The van der Waals surface area contributed by atoms with E-state index in [9.17, 15) is 9.59 Å². The van der Waals surface area contributed by atoms with Crippen molar-refractivity contribution in [2.45, 2.75) is 45.2 Å². The van der Waals surface area contributed by atoms with E-state index >= 15 is 0 Å². The van der Waals surface area contributed by atoms with Gasteiger partial charge in [-0.3, -0.25) is 14.8 Å². The molecule has 0 bridgehead atoms. The molecule has 0 spiro atoms. The molecule has 1 aliphatic rings. The van der Waals surface area contributed by atoms with Crippen molar-refractivity contribution in [3.8, 4) is 0 Å². The molecule has 21 heavy (non-hydrogen) atoms. The van der Waals surface area contributed by atoms with Crippen LogP contribution in [-0.4, -0.2) is 33.1 Å². The normalized spacial score (nSPS) is 21.6. The Hall–Kier alpha value is -2.18. The van der Waals surface area contributed by atoms with E-state index in [1.165, 1.54) is 0 Å². The molecule has 2 atom stereocenters. The molecule has 1 aromatic rings. The highest BCUT2D eigenvalue weighted by Gasteiger charge is 2.27. The Kier molecular flexibility index (Phi) is 5.08. The van der Waals surface area contributed by atoms with Gasteiger partial charge in [0.1, 0.15) is 0 Å². The van der Waals surface area contributed by atoms with E-state index < -0.39 is 5.97 Å². The van der Waals surface area contributed by atoms with Gasteiger partial charge in [0.05, 0.1) is 30.0 Å². The fourth-order valence-electron chi connectivity index (χ4n) is 2.46. The number of carboxylic acids is 1. The zero-order valence-electron chi connectivity index (χ0n) is 12.0. The minimum Gasteiger partial charge on any atom is -0.481 e. The van der Waals surface area contributed by atoms with Gasteiger partial charge in [-0.2, -0.15) is 0 Å². The summed E-state index contributed by atoms with van der Waals surface area (Å²) in [5, 5.41) is 14.6. The van der Waals surface area contributed by atoms with Gasteiger partial charge in [-0.05, 0) is 26.2 Å². The van der Waals surface area contributed by atoms with E-state index in [0.29, 0.717) is 25.1 Å². The lowest BCUT2D eigenvalue weighted by Crippen LogP contribution is -2.44. The zero-order chi connectivity index (χ0) is 15.2. The topological polar surface area (TPSA) is 104 Å². The number of hydrogen-bond acceptors (Lipinski definition) is 4. The molecule has 114 valence electrons. The van der Waals surface area contributed by atoms with Gasteiger partial charge < -0.3 is 15.7 Å². The third kappa shape index (κ3) is 4.70. The van der Waals surface area contributed by atoms with Crippen LogP contribution in [0.1, 0.15) is 37.1 Å². The molecule has 1 fully saturated rings. The monoisotopic (exact) mass is 292 g/mol. The summed E-state index contributed by atoms with van der Waals surface area (Å²) in [6, 6.07) is -0.377. The van der Waals surface area contributed by atoms with Gasteiger partial charge in [0.15, 0.2) is 0 Å². The summed E-state index contributed by atoms with van der Waals surface area (Å²) < 4.78 is 0. The minimum atomic E-state index is -0.781. The average molecular weight is 292 g/mol. The molecule has 1 heterocycles. The Balaban J connectivity index is 1.76. The number of carbonyl (C=O) groups is 2. The van der Waals surface area contributed by atoms with E-state index in [2.05, 4.69) is 20.6 Å². The second-order valence-electron chi connectivity index (χ2n) is 5.37. The maximum Gasteiger partial charge on any atom is 0.315 e. The number of nitrogens with zero attached hydrogens (tertiary/aromatic N) is 2. The van der Waals surface area contributed by atoms with Gasteiger partial charge in [0.25, 0.3) is 0 Å². The standard InChI is InChI=1S/C14H20N4O3/c1-9-6-16-12(7-15-9)8-17-14(21)18-11-4-2-3-10(5-11)13(19)20/h6-7,10-11H,2-5,8H2,1H3,(H,19,20)(H2,17,18,21). The van der Waals surface area contributed by atoms with Gasteiger partial charge in [-0.15, -0.1) is 0 Å². The molecule has 2 amide bonds. The van der Waals surface area contributed by atoms with Crippen molar-refractivity contribution in [3.63, 3.8) is 0 Å². The Labute approximate surface area is 123 Å². The molecule has 2 unspecified atom stereocenters. The first-order valence-electron chi connectivity index (χ1n) is 7.09. The fraction of sp³-hybridized carbons (Fsp3) is 0.571. The van der Waals surface area contributed by atoms with E-state index in [0.717, 1.165) is 18.5 Å². The molecule has 1 aromatic heterocycles. The number of carbonyl (C=O) groups excluding carboxylic acids is 1. The smallest absolute Gasteiger partial charge is 0.315 e. The van der Waals surface area contributed by atoms with Crippen molar-refractivity contribution in [2.24, 2.45) is 5.92 Å². The van der Waals surface area contributed by atoms with Gasteiger partial charge in [-0.25, -0.2) is 4.79 Å². The Morgan fingerprint density at radius 1 is 1.33 bits per heavy atom. The number of carboxylic acid groups (broad SMARTS) is 1. The van der Waals surface area contributed by atoms with Gasteiger partial charge in [0.2, 0.25) is 0 Å². The van der Waals surface area contributed by atoms with Crippen LogP contribution >= 0.6 is 0 Å². The quantitative estimate of drug-likeness (QED) is 0.774. The van der Waals surface area contributed by atoms with Crippen LogP contribution in [-0.2, 0) is 11.3 Å². The number of rotatable bonds is 4. The van der Waals surface area contributed by atoms with Crippen LogP contribution in [0.5, 0.6) is 0 Å². The van der Waals surface area contributed by atoms with Crippen molar-refractivity contribution >= 4 is 12.0 Å². The summed E-state index contributed by atoms with van der Waals surface area (Å²) in [4.78, 5) is 31.0. The summed E-state index contributed by atoms with van der Waals surface area (Å²) in [6.07, 6.45) is 6.10. The van der Waals surface area contributed by atoms with Crippen LogP contribution < -0.4 is 10.6 Å². The van der Waals surface area contributed by atoms with Gasteiger partial charge >= 0.3 is 12.0 Å². The predicted molar refractivity (Wildman–Crippen MR) is 75.5 cm³/mol. The van der Waals surface area contributed by atoms with E-state index in [1.807, 2.05) is 6.92 Å². The molecule has 7 heteroatoms. The predicted octanol–water partition coefficient (Wildman–Crippen LogP) is 1.23.